The maximum absolute atomic E-state index is 13.8. The van der Waals surface area contributed by atoms with Crippen LogP contribution in [0, 0.1) is 17.8 Å². The molecule has 2 heterocycles. The molecule has 1 saturated heterocycles. The molecule has 1 aromatic carbocycles. The van der Waals surface area contributed by atoms with E-state index in [2.05, 4.69) is 15.6 Å². The van der Waals surface area contributed by atoms with Gasteiger partial charge in [-0.2, -0.15) is 0 Å². The van der Waals surface area contributed by atoms with Crippen LogP contribution in [0.4, 0.5) is 9.18 Å². The molecule has 2 N–H and O–H groups in total. The van der Waals surface area contributed by atoms with Crippen molar-refractivity contribution >= 4 is 12.0 Å². The Morgan fingerprint density at radius 2 is 2.06 bits per heavy atom. The van der Waals surface area contributed by atoms with Gasteiger partial charge in [-0.05, 0) is 81.3 Å². The number of ether oxygens (including phenoxy) is 1. The van der Waals surface area contributed by atoms with Crippen LogP contribution in [0.1, 0.15) is 50.3 Å². The summed E-state index contributed by atoms with van der Waals surface area (Å²) in [5.41, 5.74) is 2.41. The van der Waals surface area contributed by atoms with Gasteiger partial charge in [-0.25, -0.2) is 9.18 Å². The maximum Gasteiger partial charge on any atom is 0.407 e. The van der Waals surface area contributed by atoms with Crippen LogP contribution in [0.5, 0.6) is 0 Å². The number of nitrogens with zero attached hydrogens (tertiary/aromatic N) is 2. The van der Waals surface area contributed by atoms with Gasteiger partial charge in [0.05, 0.1) is 12.6 Å². The van der Waals surface area contributed by atoms with Crippen molar-refractivity contribution in [3.05, 3.63) is 77.2 Å². The lowest BCUT2D eigenvalue weighted by atomic mass is 9.76. The van der Waals surface area contributed by atoms with Crippen LogP contribution in [0.2, 0.25) is 0 Å². The number of fused-ring (bicyclic) bond motifs is 1. The molecule has 0 spiro atoms. The van der Waals surface area contributed by atoms with Crippen molar-refractivity contribution in [3.8, 4) is 0 Å². The highest BCUT2D eigenvalue weighted by atomic mass is 19.1. The molecule has 35 heavy (non-hydrogen) atoms. The highest BCUT2D eigenvalue weighted by Gasteiger charge is 2.34. The normalized spacial score (nSPS) is 19.3. The molecule has 2 aliphatic rings. The number of amides is 2. The van der Waals surface area contributed by atoms with Crippen LogP contribution in [-0.4, -0.2) is 53.2 Å². The monoisotopic (exact) mass is 480 g/mol. The van der Waals surface area contributed by atoms with Crippen molar-refractivity contribution in [1.29, 1.82) is 0 Å². The van der Waals surface area contributed by atoms with Crippen LogP contribution in [-0.2, 0) is 22.4 Å². The van der Waals surface area contributed by atoms with Crippen LogP contribution in [0.25, 0.3) is 0 Å². The van der Waals surface area contributed by atoms with E-state index in [1.54, 1.807) is 18.3 Å². The van der Waals surface area contributed by atoms with Crippen LogP contribution >= 0.6 is 0 Å². The second-order valence-corrected chi connectivity index (χ2v) is 10.2. The molecule has 4 rings (SSSR count). The van der Waals surface area contributed by atoms with E-state index in [9.17, 15) is 14.0 Å². The Balaban J connectivity index is 1.36. The third-order valence-corrected chi connectivity index (χ3v) is 6.16. The van der Waals surface area contributed by atoms with Crippen molar-refractivity contribution in [2.75, 3.05) is 19.6 Å². The van der Waals surface area contributed by atoms with Crippen molar-refractivity contribution in [3.63, 3.8) is 0 Å². The Hall–Kier alpha value is -3.00. The number of carbonyl (C=O) groups is 2. The van der Waals surface area contributed by atoms with Gasteiger partial charge in [0.15, 0.2) is 0 Å². The molecule has 1 fully saturated rings. The molecule has 1 aliphatic heterocycles. The first-order valence-electron chi connectivity index (χ1n) is 12.1. The van der Waals surface area contributed by atoms with E-state index in [4.69, 9.17) is 4.74 Å². The molecule has 0 saturated carbocycles. The number of nitrogens with one attached hydrogen (secondary N) is 2. The number of pyridine rings is 1. The predicted octanol–water partition coefficient (Wildman–Crippen LogP) is 3.58. The van der Waals surface area contributed by atoms with E-state index >= 15 is 0 Å². The summed E-state index contributed by atoms with van der Waals surface area (Å²) in [4.78, 5) is 31.3. The number of alkyl carbamates (subject to hydrolysis) is 1. The van der Waals surface area contributed by atoms with Gasteiger partial charge in [0, 0.05) is 37.4 Å². The maximum atomic E-state index is 13.8. The second-order valence-electron chi connectivity index (χ2n) is 10.2. The first-order chi connectivity index (χ1) is 16.7. The van der Waals surface area contributed by atoms with Gasteiger partial charge in [0.1, 0.15) is 11.4 Å². The Labute approximate surface area is 206 Å². The number of likely N-dealkylation sites (tertiary alicyclic amines) is 1. The van der Waals surface area contributed by atoms with Gasteiger partial charge in [0.2, 0.25) is 5.91 Å². The number of carbonyl (C=O) groups excluding carboxylic acids is 2. The topological polar surface area (TPSA) is 83.6 Å². The number of aromatic nitrogens is 1. The summed E-state index contributed by atoms with van der Waals surface area (Å²) in [7, 11) is 0. The molecular formula is C27H33FN4O3. The molecule has 1 unspecified atom stereocenters. The average molecular weight is 481 g/mol. The first-order valence-corrected chi connectivity index (χ1v) is 12.1. The Morgan fingerprint density at radius 3 is 2.80 bits per heavy atom. The highest BCUT2D eigenvalue weighted by molar-refractivity contribution is 5.80. The summed E-state index contributed by atoms with van der Waals surface area (Å²) in [6, 6.07) is 9.56. The molecule has 186 valence electrons. The first kappa shape index (κ1) is 25.1. The number of hydrogen-bond donors (Lipinski definition) is 2. The molecule has 0 bridgehead atoms. The van der Waals surface area contributed by atoms with E-state index in [0.717, 1.165) is 41.6 Å². The third kappa shape index (κ3) is 7.01. The SMILES string of the molecule is CC(C)(C)OC(=O)NC1CCN(CC(=O)N[C]2CCc3cc(F)ccc3[C]2Cc2cccnc2)C1. The Bertz CT molecular complexity index is 1040. The summed E-state index contributed by atoms with van der Waals surface area (Å²) in [5.74, 6) is 0.659. The lowest BCUT2D eigenvalue weighted by molar-refractivity contribution is -0.121. The fourth-order valence-corrected chi connectivity index (χ4v) is 4.66. The van der Waals surface area contributed by atoms with E-state index < -0.39 is 11.7 Å². The predicted molar refractivity (Wildman–Crippen MR) is 131 cm³/mol. The third-order valence-electron chi connectivity index (χ3n) is 6.16. The molecule has 2 radical (unpaired) electrons. The molecule has 1 aliphatic carbocycles. The van der Waals surface area contributed by atoms with Crippen LogP contribution < -0.4 is 10.6 Å². The van der Waals surface area contributed by atoms with E-state index in [-0.39, 0.29) is 24.3 Å². The number of benzene rings is 1. The van der Waals surface area contributed by atoms with Gasteiger partial charge >= 0.3 is 6.09 Å². The minimum Gasteiger partial charge on any atom is -0.444 e. The summed E-state index contributed by atoms with van der Waals surface area (Å²) in [5, 5.41) is 6.02. The van der Waals surface area contributed by atoms with Crippen molar-refractivity contribution in [2.24, 2.45) is 0 Å². The summed E-state index contributed by atoms with van der Waals surface area (Å²) in [6.45, 7) is 7.04. The summed E-state index contributed by atoms with van der Waals surface area (Å²) >= 11 is 0. The molecule has 7 nitrogen and oxygen atoms in total. The lowest BCUT2D eigenvalue weighted by Gasteiger charge is -2.33. The van der Waals surface area contributed by atoms with Gasteiger partial charge in [-0.15, -0.1) is 0 Å². The van der Waals surface area contributed by atoms with E-state index in [0.29, 0.717) is 25.8 Å². The van der Waals surface area contributed by atoms with Gasteiger partial charge in [-0.1, -0.05) is 12.1 Å². The lowest BCUT2D eigenvalue weighted by Crippen LogP contribution is -2.44. The van der Waals surface area contributed by atoms with Crippen molar-refractivity contribution in [2.45, 2.75) is 58.1 Å². The zero-order valence-corrected chi connectivity index (χ0v) is 20.6. The average Bonchev–Trinajstić information content (AvgIpc) is 3.20. The summed E-state index contributed by atoms with van der Waals surface area (Å²) < 4.78 is 19.2. The largest absolute Gasteiger partial charge is 0.444 e. The molecule has 2 amide bonds. The van der Waals surface area contributed by atoms with E-state index in [1.165, 1.54) is 6.07 Å². The molecular weight excluding hydrogens is 447 g/mol. The fraction of sp³-hybridized carbons (Fsp3) is 0.444. The van der Waals surface area contributed by atoms with Crippen molar-refractivity contribution < 1.29 is 18.7 Å². The second kappa shape index (κ2) is 10.7. The Kier molecular flexibility index (Phi) is 7.69. The number of hydrogen-bond acceptors (Lipinski definition) is 5. The fourth-order valence-electron chi connectivity index (χ4n) is 4.66. The van der Waals surface area contributed by atoms with E-state index in [1.807, 2.05) is 44.0 Å². The standard InChI is InChI=1S/C27H33FN4O3/c1-27(2,3)35-26(34)30-21-10-12-32(16-21)17-25(33)31-24-9-6-19-14-20(28)7-8-22(19)23(24)13-18-5-4-11-29-15-18/h4-5,7-8,11,14-15,21H,6,9-10,12-13,16-17H2,1-3H3,(H,30,34)(H,31,33). The quantitative estimate of drug-likeness (QED) is 0.660. The zero-order chi connectivity index (χ0) is 25.0. The highest BCUT2D eigenvalue weighted by Crippen LogP contribution is 2.38. The molecule has 8 heteroatoms. The van der Waals surface area contributed by atoms with Gasteiger partial charge < -0.3 is 15.4 Å². The van der Waals surface area contributed by atoms with Crippen LogP contribution in [0.15, 0.2) is 42.7 Å². The summed E-state index contributed by atoms with van der Waals surface area (Å²) in [6.07, 6.45) is 5.79. The molecule has 1 aromatic heterocycles. The number of rotatable bonds is 6. The van der Waals surface area contributed by atoms with Gasteiger partial charge in [0.25, 0.3) is 0 Å². The van der Waals surface area contributed by atoms with Crippen LogP contribution in [0.3, 0.4) is 0 Å². The Morgan fingerprint density at radius 1 is 1.23 bits per heavy atom. The van der Waals surface area contributed by atoms with Gasteiger partial charge in [-0.3, -0.25) is 14.7 Å². The zero-order valence-electron chi connectivity index (χ0n) is 20.6. The molecule has 1 atom stereocenters. The number of halogens is 1. The smallest absolute Gasteiger partial charge is 0.407 e. The minimum atomic E-state index is -0.548. The minimum absolute atomic E-state index is 0.0468. The molecule has 2 aromatic rings. The van der Waals surface area contributed by atoms with Crippen molar-refractivity contribution in [1.82, 2.24) is 20.5 Å². The number of aryl methyl sites for hydroxylation is 1.